The number of carbonyl (C=O) groups is 2. The molecule has 1 unspecified atom stereocenters. The molecule has 0 saturated carbocycles. The summed E-state index contributed by atoms with van der Waals surface area (Å²) in [6.45, 7) is 12.2. The van der Waals surface area contributed by atoms with Crippen molar-refractivity contribution in [2.45, 2.75) is 123 Å². The number of rotatable bonds is 29. The number of hydrogen-bond acceptors (Lipinski definition) is 13. The molecule has 0 saturated heterocycles. The predicted octanol–water partition coefficient (Wildman–Crippen LogP) is 12.7. The smallest absolute Gasteiger partial charge is 0.368 e. The molecule has 0 amide bonds. The monoisotopic (exact) mass is 882 g/mol. The fourth-order valence-corrected chi connectivity index (χ4v) is 6.77. The molecule has 0 aromatic heterocycles. The van der Waals surface area contributed by atoms with Crippen molar-refractivity contribution in [2.24, 2.45) is 20.5 Å². The number of nitro benzene ring substituents is 1. The molecule has 0 aliphatic rings. The average molecular weight is 884 g/mol. The topological polar surface area (TPSA) is 189 Å². The van der Waals surface area contributed by atoms with Gasteiger partial charge in [0.05, 0.1) is 40.5 Å². The van der Waals surface area contributed by atoms with Gasteiger partial charge in [0, 0.05) is 48.2 Å². The van der Waals surface area contributed by atoms with Crippen molar-refractivity contribution >= 4 is 69.3 Å². The van der Waals surface area contributed by atoms with E-state index in [9.17, 15) is 29.9 Å². The van der Waals surface area contributed by atoms with Gasteiger partial charge in [-0.15, -0.1) is 23.2 Å². The molecule has 16 heteroatoms. The van der Waals surface area contributed by atoms with E-state index >= 15 is 0 Å². The third kappa shape index (κ3) is 17.4. The van der Waals surface area contributed by atoms with Crippen molar-refractivity contribution < 1.29 is 34.2 Å². The van der Waals surface area contributed by atoms with Gasteiger partial charge >= 0.3 is 17.9 Å². The molecule has 3 aromatic rings. The summed E-state index contributed by atoms with van der Waals surface area (Å²) in [5.41, 5.74) is 2.87. The van der Waals surface area contributed by atoms with Crippen LogP contribution in [0, 0.1) is 30.4 Å². The number of halogens is 2. The van der Waals surface area contributed by atoms with Crippen LogP contribution in [-0.2, 0) is 19.1 Å². The van der Waals surface area contributed by atoms with Crippen molar-refractivity contribution in [3.8, 4) is 0 Å². The summed E-state index contributed by atoms with van der Waals surface area (Å²) in [4.78, 5) is 38.5. The van der Waals surface area contributed by atoms with Crippen LogP contribution in [0.15, 0.2) is 75.1 Å². The third-order valence-electron chi connectivity index (χ3n) is 9.84. The molecule has 332 valence electrons. The summed E-state index contributed by atoms with van der Waals surface area (Å²) in [6, 6.07) is 14.1. The molecule has 2 radical (unpaired) electrons. The van der Waals surface area contributed by atoms with E-state index in [1.54, 1.807) is 0 Å². The van der Waals surface area contributed by atoms with Crippen LogP contribution in [0.25, 0.3) is 0 Å². The molecule has 1 atom stereocenters. The predicted molar refractivity (Wildman–Crippen MR) is 240 cm³/mol. The maximum atomic E-state index is 12.9. The van der Waals surface area contributed by atoms with Crippen molar-refractivity contribution in [3.05, 3.63) is 94.7 Å². The number of esters is 2. The van der Waals surface area contributed by atoms with Crippen LogP contribution in [0.3, 0.4) is 0 Å². The SMILES string of the molecule is [CH2][CH]c1cc(N=Nc2ccc(N(CCCCCCCC)CCCCCCCC)cc2C)c(C(OC(=O)CCCl)C(O)(O)OC(=O)CCCl)cc1N=Nc1ccc([N+](=O)[O-])cc1. The molecule has 0 spiro atoms. The van der Waals surface area contributed by atoms with E-state index in [2.05, 4.69) is 52.2 Å². The van der Waals surface area contributed by atoms with Crippen LogP contribution in [0.5, 0.6) is 0 Å². The van der Waals surface area contributed by atoms with E-state index in [0.717, 1.165) is 37.2 Å². The lowest BCUT2D eigenvalue weighted by molar-refractivity contribution is -0.384. The molecule has 0 aliphatic heterocycles. The van der Waals surface area contributed by atoms with Crippen LogP contribution in [0.1, 0.15) is 127 Å². The van der Waals surface area contributed by atoms with Crippen LogP contribution < -0.4 is 4.90 Å². The Kier molecular flexibility index (Phi) is 22.9. The number of alkyl halides is 2. The highest BCUT2D eigenvalue weighted by molar-refractivity contribution is 6.19. The first-order valence-electron chi connectivity index (χ1n) is 21.1. The fraction of sp³-hybridized carbons (Fsp3) is 0.511. The number of anilines is 1. The minimum Gasteiger partial charge on any atom is -0.447 e. The number of non-ortho nitro benzene ring substituents is 1. The normalized spacial score (nSPS) is 12.3. The molecule has 0 aliphatic carbocycles. The molecule has 0 heterocycles. The Morgan fingerprint density at radius 3 is 1.90 bits per heavy atom. The quantitative estimate of drug-likeness (QED) is 0.0130. The summed E-state index contributed by atoms with van der Waals surface area (Å²) in [6.07, 6.45) is 13.1. The highest BCUT2D eigenvalue weighted by Gasteiger charge is 2.45. The summed E-state index contributed by atoms with van der Waals surface area (Å²) in [7, 11) is 0. The Hall–Kier alpha value is -4.50. The second-order valence-corrected chi connectivity index (χ2v) is 15.5. The Balaban J connectivity index is 2.09. The minimum absolute atomic E-state index is 0.00928. The number of azo groups is 2. The Bertz CT molecular complexity index is 1880. The lowest BCUT2D eigenvalue weighted by Crippen LogP contribution is -2.43. The Morgan fingerprint density at radius 1 is 0.787 bits per heavy atom. The van der Waals surface area contributed by atoms with Crippen LogP contribution in [-0.4, -0.2) is 57.9 Å². The average Bonchev–Trinajstić information content (AvgIpc) is 3.23. The number of nitro groups is 1. The van der Waals surface area contributed by atoms with Gasteiger partial charge in [-0.2, -0.15) is 20.5 Å². The molecular formula is C45H60Cl2N6O8. The second-order valence-electron chi connectivity index (χ2n) is 14.7. The van der Waals surface area contributed by atoms with Crippen molar-refractivity contribution in [3.63, 3.8) is 0 Å². The molecule has 61 heavy (non-hydrogen) atoms. The number of aryl methyl sites for hydroxylation is 1. The fourth-order valence-electron chi connectivity index (χ4n) is 6.46. The zero-order chi connectivity index (χ0) is 44.6. The molecule has 3 aromatic carbocycles. The number of ether oxygens (including phenoxy) is 2. The third-order valence-corrected chi connectivity index (χ3v) is 10.2. The summed E-state index contributed by atoms with van der Waals surface area (Å²) < 4.78 is 10.5. The Morgan fingerprint density at radius 2 is 1.34 bits per heavy atom. The van der Waals surface area contributed by atoms with Crippen LogP contribution in [0.2, 0.25) is 0 Å². The van der Waals surface area contributed by atoms with Gasteiger partial charge in [0.2, 0.25) is 6.10 Å². The molecule has 0 fully saturated rings. The van der Waals surface area contributed by atoms with E-state index in [0.29, 0.717) is 11.3 Å². The van der Waals surface area contributed by atoms with E-state index < -0.39 is 28.9 Å². The van der Waals surface area contributed by atoms with Gasteiger partial charge < -0.3 is 24.6 Å². The number of unbranched alkanes of at least 4 members (excludes halogenated alkanes) is 10. The first kappa shape index (κ1) is 50.9. The first-order chi connectivity index (χ1) is 29.4. The molecule has 14 nitrogen and oxygen atoms in total. The van der Waals surface area contributed by atoms with Crippen LogP contribution >= 0.6 is 23.2 Å². The zero-order valence-corrected chi connectivity index (χ0v) is 37.1. The highest BCUT2D eigenvalue weighted by Crippen LogP contribution is 2.42. The number of nitrogens with zero attached hydrogens (tertiary/aromatic N) is 6. The maximum Gasteiger partial charge on any atom is 0.368 e. The van der Waals surface area contributed by atoms with Gasteiger partial charge in [-0.05, 0) is 86.7 Å². The molecule has 3 rings (SSSR count). The summed E-state index contributed by atoms with van der Waals surface area (Å²) >= 11 is 11.5. The van der Waals surface area contributed by atoms with E-state index in [4.69, 9.17) is 32.7 Å². The minimum atomic E-state index is -3.43. The van der Waals surface area contributed by atoms with Crippen molar-refractivity contribution in [2.75, 3.05) is 29.7 Å². The lowest BCUT2D eigenvalue weighted by Gasteiger charge is -2.30. The van der Waals surface area contributed by atoms with Gasteiger partial charge in [-0.3, -0.25) is 19.7 Å². The number of carbonyl (C=O) groups excluding carboxylic acids is 2. The summed E-state index contributed by atoms with van der Waals surface area (Å²) in [5, 5.41) is 51.2. The second kappa shape index (κ2) is 27.4. The van der Waals surface area contributed by atoms with Gasteiger partial charge in [-0.1, -0.05) is 78.1 Å². The Labute approximate surface area is 369 Å². The first-order valence-corrected chi connectivity index (χ1v) is 22.2. The number of aliphatic hydroxyl groups is 2. The van der Waals surface area contributed by atoms with Gasteiger partial charge in [0.15, 0.2) is 0 Å². The molecule has 2 N–H and O–H groups in total. The summed E-state index contributed by atoms with van der Waals surface area (Å²) in [5.74, 6) is -5.78. The number of benzene rings is 3. The van der Waals surface area contributed by atoms with Crippen molar-refractivity contribution in [1.29, 1.82) is 0 Å². The van der Waals surface area contributed by atoms with Crippen LogP contribution in [0.4, 0.5) is 34.1 Å². The highest BCUT2D eigenvalue weighted by atomic mass is 35.5. The zero-order valence-electron chi connectivity index (χ0n) is 35.6. The lowest BCUT2D eigenvalue weighted by atomic mass is 9.99. The van der Waals surface area contributed by atoms with E-state index in [1.165, 1.54) is 107 Å². The van der Waals surface area contributed by atoms with Gasteiger partial charge in [-0.25, -0.2) is 0 Å². The molecular weight excluding hydrogens is 823 g/mol. The van der Waals surface area contributed by atoms with Gasteiger partial charge in [0.25, 0.3) is 5.69 Å². The number of hydrogen-bond donors (Lipinski definition) is 2. The van der Waals surface area contributed by atoms with E-state index in [-0.39, 0.29) is 52.9 Å². The van der Waals surface area contributed by atoms with Gasteiger partial charge in [0.1, 0.15) is 0 Å². The molecule has 0 bridgehead atoms. The largest absolute Gasteiger partial charge is 0.447 e. The standard InChI is InChI=1S/C45H60Cl2N6O8/c1-5-8-10-12-14-16-28-52(29-17-15-13-11-9-6-2)37-22-23-39(33(4)30-37)49-51-41-31-34(7-3)40(50-48-35-18-20-36(21-19-35)53(58)59)32-38(41)44(60-42(54)24-26-46)45(56,57)61-43(55)25-27-47/h7,18-23,30-32,44,56-57H,3,5-6,8-17,24-29H2,1-2,4H3. The van der Waals surface area contributed by atoms with E-state index in [1.807, 2.05) is 19.1 Å². The van der Waals surface area contributed by atoms with Crippen molar-refractivity contribution in [1.82, 2.24) is 0 Å². The maximum absolute atomic E-state index is 12.9.